The summed E-state index contributed by atoms with van der Waals surface area (Å²) in [6.45, 7) is 4.50. The van der Waals surface area contributed by atoms with E-state index in [9.17, 15) is 5.11 Å². The van der Waals surface area contributed by atoms with Crippen molar-refractivity contribution < 1.29 is 5.11 Å². The fourth-order valence-electron chi connectivity index (χ4n) is 2.90. The van der Waals surface area contributed by atoms with Crippen LogP contribution in [-0.2, 0) is 0 Å². The van der Waals surface area contributed by atoms with Crippen LogP contribution < -0.4 is 0 Å². The van der Waals surface area contributed by atoms with E-state index in [1.807, 2.05) is 0 Å². The average Bonchev–Trinajstić information content (AvgIpc) is 2.56. The van der Waals surface area contributed by atoms with Crippen molar-refractivity contribution in [2.24, 2.45) is 0 Å². The average molecular weight is 323 g/mol. The van der Waals surface area contributed by atoms with Gasteiger partial charge < -0.3 is 5.11 Å². The minimum Gasteiger partial charge on any atom is -0.380 e. The standard InChI is InChI=1S/C22H42O/c1-3-5-7-9-11-12-13-14-15-17-19-21-22(23)20-18-16-10-8-6-4-2/h22-23H,3-17,19,21H2,1-2H3. The number of unbranched alkanes of at least 4 members (excludes halogenated alkanes) is 14. The van der Waals surface area contributed by atoms with Gasteiger partial charge in [-0.25, -0.2) is 0 Å². The molecule has 136 valence electrons. The molecule has 0 saturated carbocycles. The molecule has 0 aliphatic rings. The first-order valence-corrected chi connectivity index (χ1v) is 10.5. The molecular formula is C22H42O. The molecule has 0 amide bonds. The van der Waals surface area contributed by atoms with Gasteiger partial charge in [-0.05, 0) is 19.3 Å². The van der Waals surface area contributed by atoms with Crippen molar-refractivity contribution in [3.8, 4) is 11.8 Å². The summed E-state index contributed by atoms with van der Waals surface area (Å²) in [5, 5.41) is 9.82. The van der Waals surface area contributed by atoms with Crippen LogP contribution in [0.4, 0.5) is 0 Å². The van der Waals surface area contributed by atoms with Crippen molar-refractivity contribution in [1.29, 1.82) is 0 Å². The molecule has 0 radical (unpaired) electrons. The highest BCUT2D eigenvalue weighted by Gasteiger charge is 1.99. The fraction of sp³-hybridized carbons (Fsp3) is 0.909. The zero-order valence-corrected chi connectivity index (χ0v) is 16.0. The Kier molecular flexibility index (Phi) is 19.2. The maximum absolute atomic E-state index is 9.82. The molecule has 0 aromatic heterocycles. The summed E-state index contributed by atoms with van der Waals surface area (Å²) in [6, 6.07) is 0. The third kappa shape index (κ3) is 19.5. The molecule has 23 heavy (non-hydrogen) atoms. The number of aliphatic hydroxyl groups is 1. The number of hydrogen-bond acceptors (Lipinski definition) is 1. The molecule has 0 fully saturated rings. The van der Waals surface area contributed by atoms with Gasteiger partial charge in [0.15, 0.2) is 0 Å². The molecule has 0 aliphatic carbocycles. The predicted octanol–water partition coefficient (Wildman–Crippen LogP) is 7.02. The minimum atomic E-state index is -0.389. The van der Waals surface area contributed by atoms with Gasteiger partial charge in [0, 0.05) is 6.42 Å². The number of hydrogen-bond donors (Lipinski definition) is 1. The van der Waals surface area contributed by atoms with Gasteiger partial charge >= 0.3 is 0 Å². The van der Waals surface area contributed by atoms with Crippen LogP contribution in [0, 0.1) is 11.8 Å². The molecule has 1 N–H and O–H groups in total. The first-order valence-electron chi connectivity index (χ1n) is 10.5. The van der Waals surface area contributed by atoms with Crippen LogP contribution in [0.25, 0.3) is 0 Å². The van der Waals surface area contributed by atoms with E-state index in [0.717, 1.165) is 19.3 Å². The molecule has 0 aromatic carbocycles. The summed E-state index contributed by atoms with van der Waals surface area (Å²) >= 11 is 0. The lowest BCUT2D eigenvalue weighted by Crippen LogP contribution is -2.02. The highest BCUT2D eigenvalue weighted by molar-refractivity contribution is 5.04. The Morgan fingerprint density at radius 3 is 1.57 bits per heavy atom. The van der Waals surface area contributed by atoms with E-state index in [1.54, 1.807) is 0 Å². The lowest BCUT2D eigenvalue weighted by atomic mass is 10.0. The largest absolute Gasteiger partial charge is 0.380 e. The Bertz CT molecular complexity index is 273. The third-order valence-electron chi connectivity index (χ3n) is 4.51. The van der Waals surface area contributed by atoms with Gasteiger partial charge in [0.1, 0.15) is 6.10 Å². The number of aliphatic hydroxyl groups excluding tert-OH is 1. The second-order valence-corrected chi connectivity index (χ2v) is 6.97. The molecule has 1 heteroatoms. The minimum absolute atomic E-state index is 0.389. The molecule has 0 heterocycles. The van der Waals surface area contributed by atoms with Crippen LogP contribution >= 0.6 is 0 Å². The Morgan fingerprint density at radius 2 is 1.04 bits per heavy atom. The van der Waals surface area contributed by atoms with E-state index in [0.29, 0.717) is 0 Å². The van der Waals surface area contributed by atoms with Gasteiger partial charge in [-0.2, -0.15) is 0 Å². The topological polar surface area (TPSA) is 20.2 Å². The second-order valence-electron chi connectivity index (χ2n) is 6.97. The lowest BCUT2D eigenvalue weighted by Gasteiger charge is -2.04. The molecule has 0 aliphatic heterocycles. The van der Waals surface area contributed by atoms with Gasteiger partial charge in [0.2, 0.25) is 0 Å². The van der Waals surface area contributed by atoms with Crippen LogP contribution in [-0.4, -0.2) is 11.2 Å². The summed E-state index contributed by atoms with van der Waals surface area (Å²) in [5.41, 5.74) is 0. The first kappa shape index (κ1) is 22.5. The molecule has 1 nitrogen and oxygen atoms in total. The van der Waals surface area contributed by atoms with Crippen LogP contribution in [0.3, 0.4) is 0 Å². The van der Waals surface area contributed by atoms with Crippen molar-refractivity contribution in [1.82, 2.24) is 0 Å². The lowest BCUT2D eigenvalue weighted by molar-refractivity contribution is 0.217. The smallest absolute Gasteiger partial charge is 0.114 e. The highest BCUT2D eigenvalue weighted by Crippen LogP contribution is 2.12. The van der Waals surface area contributed by atoms with Gasteiger partial charge in [0.05, 0.1) is 0 Å². The third-order valence-corrected chi connectivity index (χ3v) is 4.51. The summed E-state index contributed by atoms with van der Waals surface area (Å²) in [6.07, 6.45) is 21.4. The molecule has 0 aromatic rings. The highest BCUT2D eigenvalue weighted by atomic mass is 16.3. The van der Waals surface area contributed by atoms with Gasteiger partial charge in [-0.15, -0.1) is 5.92 Å². The maximum atomic E-state index is 9.82. The molecule has 1 unspecified atom stereocenters. The van der Waals surface area contributed by atoms with Crippen molar-refractivity contribution >= 4 is 0 Å². The Morgan fingerprint density at radius 1 is 0.609 bits per heavy atom. The summed E-state index contributed by atoms with van der Waals surface area (Å²) in [5.74, 6) is 6.13. The van der Waals surface area contributed by atoms with E-state index in [2.05, 4.69) is 25.7 Å². The van der Waals surface area contributed by atoms with Crippen LogP contribution in [0.1, 0.15) is 123 Å². The van der Waals surface area contributed by atoms with E-state index in [1.165, 1.54) is 89.9 Å². The predicted molar refractivity (Wildman–Crippen MR) is 104 cm³/mol. The molecule has 0 rings (SSSR count). The summed E-state index contributed by atoms with van der Waals surface area (Å²) < 4.78 is 0. The molecule has 0 bridgehead atoms. The van der Waals surface area contributed by atoms with Crippen molar-refractivity contribution in [2.45, 2.75) is 129 Å². The summed E-state index contributed by atoms with van der Waals surface area (Å²) in [4.78, 5) is 0. The van der Waals surface area contributed by atoms with E-state index < -0.39 is 0 Å². The monoisotopic (exact) mass is 322 g/mol. The zero-order valence-electron chi connectivity index (χ0n) is 16.0. The van der Waals surface area contributed by atoms with E-state index >= 15 is 0 Å². The normalized spacial score (nSPS) is 12.0. The second kappa shape index (κ2) is 19.6. The van der Waals surface area contributed by atoms with E-state index in [-0.39, 0.29) is 6.10 Å². The number of rotatable bonds is 16. The zero-order chi connectivity index (χ0) is 17.0. The Balaban J connectivity index is 3.23. The van der Waals surface area contributed by atoms with Crippen LogP contribution in [0.15, 0.2) is 0 Å². The SMILES string of the molecule is CCCCCCC#CC(O)CCCCCCCCCCCCC. The molecular weight excluding hydrogens is 280 g/mol. The molecule has 0 spiro atoms. The Hall–Kier alpha value is -0.480. The van der Waals surface area contributed by atoms with Crippen molar-refractivity contribution in [3.63, 3.8) is 0 Å². The Labute approximate surface area is 146 Å². The van der Waals surface area contributed by atoms with Crippen LogP contribution in [0.5, 0.6) is 0 Å². The first-order chi connectivity index (χ1) is 11.3. The molecule has 0 saturated heterocycles. The van der Waals surface area contributed by atoms with Crippen LogP contribution in [0.2, 0.25) is 0 Å². The van der Waals surface area contributed by atoms with Crippen molar-refractivity contribution in [2.75, 3.05) is 0 Å². The van der Waals surface area contributed by atoms with Crippen molar-refractivity contribution in [3.05, 3.63) is 0 Å². The molecule has 1 atom stereocenters. The fourth-order valence-corrected chi connectivity index (χ4v) is 2.90. The van der Waals surface area contributed by atoms with Gasteiger partial charge in [0.25, 0.3) is 0 Å². The van der Waals surface area contributed by atoms with Gasteiger partial charge in [-0.3, -0.25) is 0 Å². The van der Waals surface area contributed by atoms with Gasteiger partial charge in [-0.1, -0.05) is 103 Å². The maximum Gasteiger partial charge on any atom is 0.114 e. The van der Waals surface area contributed by atoms with E-state index in [4.69, 9.17) is 0 Å². The quantitative estimate of drug-likeness (QED) is 0.239. The summed E-state index contributed by atoms with van der Waals surface area (Å²) in [7, 11) is 0.